The number of hydrogen-bond acceptors (Lipinski definition) is 3. The Hall–Kier alpha value is -2.03. The monoisotopic (exact) mass is 267 g/mol. The van der Waals surface area contributed by atoms with E-state index in [1.807, 2.05) is 12.4 Å². The minimum atomic E-state index is 0.988. The maximum atomic E-state index is 4.38. The highest BCUT2D eigenvalue weighted by atomic mass is 15.1. The summed E-state index contributed by atoms with van der Waals surface area (Å²) in [5.41, 5.74) is 5.05. The van der Waals surface area contributed by atoms with Gasteiger partial charge in [-0.1, -0.05) is 25.1 Å². The van der Waals surface area contributed by atoms with Gasteiger partial charge < -0.3 is 10.2 Å². The van der Waals surface area contributed by atoms with Gasteiger partial charge in [0.15, 0.2) is 0 Å². The van der Waals surface area contributed by atoms with Crippen LogP contribution in [0.1, 0.15) is 25.3 Å². The van der Waals surface area contributed by atoms with Crippen LogP contribution >= 0.6 is 0 Å². The van der Waals surface area contributed by atoms with Crippen LogP contribution in [0.5, 0.6) is 0 Å². The Bertz CT molecular complexity index is 580. The second-order valence-corrected chi connectivity index (χ2v) is 5.24. The first kappa shape index (κ1) is 13.0. The fourth-order valence-electron chi connectivity index (χ4n) is 2.74. The number of rotatable bonds is 4. The molecule has 2 heterocycles. The van der Waals surface area contributed by atoms with Crippen molar-refractivity contribution in [2.75, 3.05) is 23.3 Å². The van der Waals surface area contributed by atoms with E-state index in [1.54, 1.807) is 0 Å². The number of para-hydroxylation sites is 1. The van der Waals surface area contributed by atoms with Crippen molar-refractivity contribution in [3.05, 3.63) is 48.3 Å². The Labute approximate surface area is 120 Å². The molecule has 0 spiro atoms. The molecule has 1 aliphatic heterocycles. The molecule has 0 aliphatic carbocycles. The first-order valence-corrected chi connectivity index (χ1v) is 7.43. The summed E-state index contributed by atoms with van der Waals surface area (Å²) in [6.45, 7) is 4.23. The molecule has 2 aromatic rings. The average molecular weight is 267 g/mol. The molecular weight excluding hydrogens is 246 g/mol. The molecular formula is C17H21N3. The van der Waals surface area contributed by atoms with Gasteiger partial charge in [-0.25, -0.2) is 0 Å². The van der Waals surface area contributed by atoms with Crippen LogP contribution in [0, 0.1) is 0 Å². The molecule has 0 saturated heterocycles. The van der Waals surface area contributed by atoms with E-state index in [9.17, 15) is 0 Å². The van der Waals surface area contributed by atoms with Crippen molar-refractivity contribution in [2.45, 2.75) is 26.2 Å². The average Bonchev–Trinajstić information content (AvgIpc) is 2.52. The Morgan fingerprint density at radius 3 is 3.05 bits per heavy atom. The van der Waals surface area contributed by atoms with Crippen molar-refractivity contribution >= 4 is 17.1 Å². The summed E-state index contributed by atoms with van der Waals surface area (Å²) in [4.78, 5) is 6.76. The van der Waals surface area contributed by atoms with Gasteiger partial charge >= 0.3 is 0 Å². The molecule has 3 nitrogen and oxygen atoms in total. The fourth-order valence-corrected chi connectivity index (χ4v) is 2.74. The number of hydrogen-bond donors (Lipinski definition) is 1. The van der Waals surface area contributed by atoms with Gasteiger partial charge in [0.05, 0.1) is 23.8 Å². The van der Waals surface area contributed by atoms with E-state index in [1.165, 1.54) is 29.8 Å². The molecule has 104 valence electrons. The lowest BCUT2D eigenvalue weighted by atomic mass is 10.0. The molecule has 0 atom stereocenters. The van der Waals surface area contributed by atoms with Crippen LogP contribution in [-0.4, -0.2) is 18.1 Å². The van der Waals surface area contributed by atoms with Crippen molar-refractivity contribution in [1.29, 1.82) is 0 Å². The Balaban J connectivity index is 1.90. The van der Waals surface area contributed by atoms with E-state index in [2.05, 4.69) is 52.5 Å². The number of aryl methyl sites for hydroxylation is 1. The van der Waals surface area contributed by atoms with Crippen molar-refractivity contribution in [2.24, 2.45) is 0 Å². The Morgan fingerprint density at radius 2 is 2.15 bits per heavy atom. The van der Waals surface area contributed by atoms with E-state index in [4.69, 9.17) is 0 Å². The molecule has 3 rings (SSSR count). The number of aromatic nitrogens is 1. The lowest BCUT2D eigenvalue weighted by Crippen LogP contribution is -2.24. The van der Waals surface area contributed by atoms with Crippen LogP contribution in [0.4, 0.5) is 17.1 Å². The summed E-state index contributed by atoms with van der Waals surface area (Å²) >= 11 is 0. The molecule has 3 heteroatoms. The zero-order valence-corrected chi connectivity index (χ0v) is 12.0. The summed E-state index contributed by atoms with van der Waals surface area (Å²) in [5.74, 6) is 0. The van der Waals surface area contributed by atoms with Crippen LogP contribution in [0.3, 0.4) is 0 Å². The second-order valence-electron chi connectivity index (χ2n) is 5.24. The Morgan fingerprint density at radius 1 is 1.25 bits per heavy atom. The number of nitrogens with one attached hydrogen (secondary N) is 1. The van der Waals surface area contributed by atoms with Crippen LogP contribution in [-0.2, 0) is 6.42 Å². The third-order valence-electron chi connectivity index (χ3n) is 3.72. The standard InChI is InChI=1S/C17H21N3/c1-2-9-19-15-11-16(13-18-12-15)20-10-5-7-14-6-3-4-8-17(14)20/h3-4,6,8,11-13,19H,2,5,7,9-10H2,1H3. The van der Waals surface area contributed by atoms with Gasteiger partial charge in [0.2, 0.25) is 0 Å². The molecule has 1 aromatic heterocycles. The SMILES string of the molecule is CCCNc1cncc(N2CCCc3ccccc32)c1. The van der Waals surface area contributed by atoms with Crippen molar-refractivity contribution in [1.82, 2.24) is 4.98 Å². The predicted octanol–water partition coefficient (Wildman–Crippen LogP) is 3.99. The van der Waals surface area contributed by atoms with Crippen LogP contribution in [0.2, 0.25) is 0 Å². The van der Waals surface area contributed by atoms with Crippen molar-refractivity contribution in [3.63, 3.8) is 0 Å². The lowest BCUT2D eigenvalue weighted by molar-refractivity contribution is 0.766. The molecule has 0 unspecified atom stereocenters. The summed E-state index contributed by atoms with van der Waals surface area (Å²) in [7, 11) is 0. The minimum absolute atomic E-state index is 0.988. The van der Waals surface area contributed by atoms with E-state index >= 15 is 0 Å². The molecule has 0 saturated carbocycles. The zero-order chi connectivity index (χ0) is 13.8. The van der Waals surface area contributed by atoms with E-state index in [0.29, 0.717) is 0 Å². The van der Waals surface area contributed by atoms with Crippen LogP contribution in [0.15, 0.2) is 42.7 Å². The molecule has 1 aliphatic rings. The number of pyridine rings is 1. The van der Waals surface area contributed by atoms with Gasteiger partial charge in [-0.15, -0.1) is 0 Å². The van der Waals surface area contributed by atoms with Crippen molar-refractivity contribution < 1.29 is 0 Å². The topological polar surface area (TPSA) is 28.2 Å². The number of anilines is 3. The summed E-state index contributed by atoms with van der Waals surface area (Å²) in [5, 5.41) is 3.41. The van der Waals surface area contributed by atoms with E-state index in [0.717, 1.165) is 25.2 Å². The lowest BCUT2D eigenvalue weighted by Gasteiger charge is -2.31. The molecule has 0 bridgehead atoms. The zero-order valence-electron chi connectivity index (χ0n) is 12.0. The van der Waals surface area contributed by atoms with Crippen LogP contribution in [0.25, 0.3) is 0 Å². The normalized spacial score (nSPS) is 13.9. The molecule has 1 aromatic carbocycles. The van der Waals surface area contributed by atoms with Gasteiger partial charge in [0.1, 0.15) is 0 Å². The smallest absolute Gasteiger partial charge is 0.0618 e. The number of benzene rings is 1. The highest BCUT2D eigenvalue weighted by Gasteiger charge is 2.17. The maximum absolute atomic E-state index is 4.38. The molecule has 20 heavy (non-hydrogen) atoms. The van der Waals surface area contributed by atoms with Gasteiger partial charge in [-0.3, -0.25) is 4.98 Å². The Kier molecular flexibility index (Phi) is 3.86. The third kappa shape index (κ3) is 2.62. The molecule has 0 radical (unpaired) electrons. The fraction of sp³-hybridized carbons (Fsp3) is 0.353. The van der Waals surface area contributed by atoms with Crippen molar-refractivity contribution in [3.8, 4) is 0 Å². The molecule has 0 fully saturated rings. The summed E-state index contributed by atoms with van der Waals surface area (Å²) < 4.78 is 0. The van der Waals surface area contributed by atoms with Crippen LogP contribution < -0.4 is 10.2 Å². The van der Waals surface area contributed by atoms with Gasteiger partial charge in [-0.2, -0.15) is 0 Å². The van der Waals surface area contributed by atoms with E-state index in [-0.39, 0.29) is 0 Å². The molecule has 1 N–H and O–H groups in total. The van der Waals surface area contributed by atoms with Gasteiger partial charge in [0.25, 0.3) is 0 Å². The highest BCUT2D eigenvalue weighted by molar-refractivity contribution is 5.69. The number of fused-ring (bicyclic) bond motifs is 1. The largest absolute Gasteiger partial charge is 0.384 e. The maximum Gasteiger partial charge on any atom is 0.0618 e. The minimum Gasteiger partial charge on any atom is -0.384 e. The van der Waals surface area contributed by atoms with E-state index < -0.39 is 0 Å². The first-order chi connectivity index (χ1) is 9.88. The third-order valence-corrected chi connectivity index (χ3v) is 3.72. The van der Waals surface area contributed by atoms with Gasteiger partial charge in [-0.05, 0) is 37.0 Å². The molecule has 0 amide bonds. The summed E-state index contributed by atoms with van der Waals surface area (Å²) in [6, 6.07) is 10.9. The highest BCUT2D eigenvalue weighted by Crippen LogP contribution is 2.33. The number of nitrogens with zero attached hydrogens (tertiary/aromatic N) is 2. The predicted molar refractivity (Wildman–Crippen MR) is 84.8 cm³/mol. The first-order valence-electron chi connectivity index (χ1n) is 7.43. The quantitative estimate of drug-likeness (QED) is 0.908. The summed E-state index contributed by atoms with van der Waals surface area (Å²) in [6.07, 6.45) is 7.35. The van der Waals surface area contributed by atoms with Gasteiger partial charge in [0, 0.05) is 18.8 Å². The second kappa shape index (κ2) is 5.95.